The zero-order valence-electron chi connectivity index (χ0n) is 15.4. The third-order valence-electron chi connectivity index (χ3n) is 4.20. The number of ether oxygens (including phenoxy) is 2. The molecule has 8 nitrogen and oxygen atoms in total. The molecule has 0 aliphatic heterocycles. The molecule has 0 fully saturated rings. The molecule has 0 saturated carbocycles. The van der Waals surface area contributed by atoms with E-state index in [1.54, 1.807) is 49.2 Å². The van der Waals surface area contributed by atoms with Crippen molar-refractivity contribution >= 4 is 0 Å². The minimum absolute atomic E-state index is 0.294. The first-order chi connectivity index (χ1) is 13.6. The largest absolute Gasteiger partial charge is 0.497 e. The highest BCUT2D eigenvalue weighted by molar-refractivity contribution is 5.62. The van der Waals surface area contributed by atoms with Gasteiger partial charge in [-0.2, -0.15) is 4.98 Å². The summed E-state index contributed by atoms with van der Waals surface area (Å²) in [5.74, 6) is 1.48. The number of hydrogen-bond donors (Lipinski definition) is 0. The minimum atomic E-state index is -0.321. The highest BCUT2D eigenvalue weighted by atomic mass is 19.1. The third kappa shape index (κ3) is 3.18. The van der Waals surface area contributed by atoms with Crippen LogP contribution in [0.2, 0.25) is 0 Å². The van der Waals surface area contributed by atoms with Crippen molar-refractivity contribution < 1.29 is 18.4 Å². The van der Waals surface area contributed by atoms with Crippen molar-refractivity contribution in [2.45, 2.75) is 6.92 Å². The summed E-state index contributed by atoms with van der Waals surface area (Å²) in [6, 6.07) is 11.2. The summed E-state index contributed by atoms with van der Waals surface area (Å²) in [5, 5.41) is 12.3. The Morgan fingerprint density at radius 3 is 2.32 bits per heavy atom. The molecule has 0 bridgehead atoms. The van der Waals surface area contributed by atoms with Gasteiger partial charge >= 0.3 is 0 Å². The van der Waals surface area contributed by atoms with Crippen molar-refractivity contribution in [1.82, 2.24) is 25.1 Å². The van der Waals surface area contributed by atoms with Gasteiger partial charge in [0.15, 0.2) is 5.69 Å². The van der Waals surface area contributed by atoms with Crippen molar-refractivity contribution in [1.29, 1.82) is 0 Å². The molecule has 2 aromatic heterocycles. The van der Waals surface area contributed by atoms with Crippen LogP contribution in [-0.2, 0) is 0 Å². The Labute approximate surface area is 159 Å². The lowest BCUT2D eigenvalue weighted by Gasteiger charge is -2.05. The zero-order valence-corrected chi connectivity index (χ0v) is 15.4. The number of nitrogens with zero attached hydrogens (tertiary/aromatic N) is 5. The van der Waals surface area contributed by atoms with Crippen LogP contribution in [0.5, 0.6) is 11.5 Å². The second kappa shape index (κ2) is 7.10. The van der Waals surface area contributed by atoms with Crippen molar-refractivity contribution in [3.8, 4) is 40.2 Å². The van der Waals surface area contributed by atoms with Crippen LogP contribution in [0.3, 0.4) is 0 Å². The van der Waals surface area contributed by atoms with Gasteiger partial charge in [0.05, 0.1) is 25.6 Å². The monoisotopic (exact) mass is 381 g/mol. The van der Waals surface area contributed by atoms with E-state index in [2.05, 4.69) is 20.5 Å². The van der Waals surface area contributed by atoms with Crippen molar-refractivity contribution in [2.24, 2.45) is 0 Å². The molecule has 28 heavy (non-hydrogen) atoms. The maximum atomic E-state index is 13.1. The smallest absolute Gasteiger partial charge is 0.258 e. The summed E-state index contributed by atoms with van der Waals surface area (Å²) >= 11 is 0. The highest BCUT2D eigenvalue weighted by Crippen LogP contribution is 2.30. The van der Waals surface area contributed by atoms with Crippen molar-refractivity contribution in [3.05, 3.63) is 54.0 Å². The maximum absolute atomic E-state index is 13.1. The molecule has 142 valence electrons. The zero-order chi connectivity index (χ0) is 19.7. The fourth-order valence-corrected chi connectivity index (χ4v) is 2.73. The Morgan fingerprint density at radius 1 is 1.00 bits per heavy atom. The van der Waals surface area contributed by atoms with Crippen LogP contribution < -0.4 is 9.47 Å². The van der Waals surface area contributed by atoms with Crippen molar-refractivity contribution in [2.75, 3.05) is 14.2 Å². The van der Waals surface area contributed by atoms with Gasteiger partial charge in [-0.1, -0.05) is 10.4 Å². The van der Waals surface area contributed by atoms with Crippen molar-refractivity contribution in [3.63, 3.8) is 0 Å². The van der Waals surface area contributed by atoms with Gasteiger partial charge in [0.2, 0.25) is 5.82 Å². The Kier molecular flexibility index (Phi) is 4.48. The number of benzene rings is 2. The number of rotatable bonds is 5. The molecular weight excluding hydrogens is 365 g/mol. The van der Waals surface area contributed by atoms with E-state index in [9.17, 15) is 4.39 Å². The van der Waals surface area contributed by atoms with Crippen LogP contribution in [-0.4, -0.2) is 39.4 Å². The lowest BCUT2D eigenvalue weighted by Crippen LogP contribution is -1.99. The molecule has 4 rings (SSSR count). The van der Waals surface area contributed by atoms with E-state index in [4.69, 9.17) is 14.0 Å². The first-order valence-corrected chi connectivity index (χ1v) is 8.35. The predicted molar refractivity (Wildman–Crippen MR) is 97.9 cm³/mol. The molecule has 0 saturated heterocycles. The molecular formula is C19H16FN5O3. The van der Waals surface area contributed by atoms with Gasteiger partial charge in [-0.05, 0) is 43.3 Å². The average Bonchev–Trinajstić information content (AvgIpc) is 3.35. The van der Waals surface area contributed by atoms with Crippen LogP contribution in [0.1, 0.15) is 5.69 Å². The van der Waals surface area contributed by atoms with E-state index in [0.717, 1.165) is 0 Å². The summed E-state index contributed by atoms with van der Waals surface area (Å²) in [4.78, 5) is 4.42. The molecule has 0 radical (unpaired) electrons. The van der Waals surface area contributed by atoms with E-state index in [0.29, 0.717) is 45.9 Å². The van der Waals surface area contributed by atoms with Crippen LogP contribution in [0.4, 0.5) is 4.39 Å². The van der Waals surface area contributed by atoms with E-state index in [1.807, 2.05) is 6.92 Å². The van der Waals surface area contributed by atoms with Crippen LogP contribution >= 0.6 is 0 Å². The molecule has 2 heterocycles. The molecule has 0 amide bonds. The number of hydrogen-bond acceptors (Lipinski definition) is 7. The summed E-state index contributed by atoms with van der Waals surface area (Å²) in [7, 11) is 3.13. The molecule has 0 aliphatic rings. The Morgan fingerprint density at radius 2 is 1.68 bits per heavy atom. The Balaban J connectivity index is 1.70. The van der Waals surface area contributed by atoms with Gasteiger partial charge in [0.25, 0.3) is 5.89 Å². The van der Waals surface area contributed by atoms with Gasteiger partial charge in [-0.15, -0.1) is 5.10 Å². The standard InChI is InChI=1S/C19H16FN5O3/c1-11-17(22-24-25(11)14-6-4-13(20)5-7-14)18-21-19(28-23-18)12-8-15(26-2)10-16(9-12)27-3/h4-10H,1-3H3. The van der Waals surface area contributed by atoms with Gasteiger partial charge in [0.1, 0.15) is 17.3 Å². The first-order valence-electron chi connectivity index (χ1n) is 8.35. The van der Waals surface area contributed by atoms with Gasteiger partial charge in [-0.25, -0.2) is 9.07 Å². The predicted octanol–water partition coefficient (Wildman–Crippen LogP) is 3.45. The molecule has 9 heteroatoms. The number of aromatic nitrogens is 5. The van der Waals surface area contributed by atoms with E-state index in [1.165, 1.54) is 12.1 Å². The molecule has 2 aromatic carbocycles. The van der Waals surface area contributed by atoms with E-state index >= 15 is 0 Å². The quantitative estimate of drug-likeness (QED) is 0.523. The van der Waals surface area contributed by atoms with Gasteiger partial charge in [0, 0.05) is 11.6 Å². The Hall–Kier alpha value is -3.75. The van der Waals surface area contributed by atoms with Crippen LogP contribution in [0.15, 0.2) is 47.0 Å². The normalized spacial score (nSPS) is 10.9. The minimum Gasteiger partial charge on any atom is -0.497 e. The second-order valence-electron chi connectivity index (χ2n) is 5.94. The summed E-state index contributed by atoms with van der Waals surface area (Å²) < 4.78 is 30.7. The molecule has 0 unspecified atom stereocenters. The molecule has 4 aromatic rings. The molecule has 0 N–H and O–H groups in total. The van der Waals surface area contributed by atoms with Gasteiger partial charge < -0.3 is 14.0 Å². The SMILES string of the molecule is COc1cc(OC)cc(-c2nc(-c3nnn(-c4ccc(F)cc4)c3C)no2)c1. The molecule has 0 atom stereocenters. The van der Waals surface area contributed by atoms with E-state index in [-0.39, 0.29) is 5.82 Å². The van der Waals surface area contributed by atoms with Crippen LogP contribution in [0.25, 0.3) is 28.7 Å². The summed E-state index contributed by atoms with van der Waals surface area (Å²) in [6.07, 6.45) is 0. The fourth-order valence-electron chi connectivity index (χ4n) is 2.73. The summed E-state index contributed by atoms with van der Waals surface area (Å²) in [6.45, 7) is 1.82. The van der Waals surface area contributed by atoms with Crippen LogP contribution in [0, 0.1) is 12.7 Å². The summed E-state index contributed by atoms with van der Waals surface area (Å²) in [5.41, 5.74) is 2.49. The molecule has 0 aliphatic carbocycles. The number of halogens is 1. The lowest BCUT2D eigenvalue weighted by atomic mass is 10.2. The average molecular weight is 381 g/mol. The van der Waals surface area contributed by atoms with Gasteiger partial charge in [-0.3, -0.25) is 0 Å². The maximum Gasteiger partial charge on any atom is 0.258 e. The fraction of sp³-hybridized carbons (Fsp3) is 0.158. The molecule has 0 spiro atoms. The second-order valence-corrected chi connectivity index (χ2v) is 5.94. The number of methoxy groups -OCH3 is 2. The highest BCUT2D eigenvalue weighted by Gasteiger charge is 2.19. The topological polar surface area (TPSA) is 88.1 Å². The lowest BCUT2D eigenvalue weighted by molar-refractivity contribution is 0.393. The first kappa shape index (κ1) is 17.7. The van der Waals surface area contributed by atoms with E-state index < -0.39 is 0 Å². The Bertz CT molecular complexity index is 1100. The third-order valence-corrected chi connectivity index (χ3v) is 4.20.